The molecule has 0 spiro atoms. The lowest BCUT2D eigenvalue weighted by Gasteiger charge is -2.02. The van der Waals surface area contributed by atoms with Crippen molar-refractivity contribution in [2.24, 2.45) is 0 Å². The van der Waals surface area contributed by atoms with E-state index in [0.29, 0.717) is 28.2 Å². The van der Waals surface area contributed by atoms with Crippen LogP contribution in [0.1, 0.15) is 33.0 Å². The van der Waals surface area contributed by atoms with Crippen LogP contribution in [-0.2, 0) is 11.3 Å². The number of hydrogen-bond donors (Lipinski definition) is 2. The smallest absolute Gasteiger partial charge is 0.272 e. The van der Waals surface area contributed by atoms with Gasteiger partial charge >= 0.3 is 0 Å². The molecule has 0 saturated carbocycles. The molecule has 0 amide bonds. The van der Waals surface area contributed by atoms with Gasteiger partial charge in [0.15, 0.2) is 5.78 Å². The van der Waals surface area contributed by atoms with E-state index in [9.17, 15) is 18.8 Å². The maximum absolute atomic E-state index is 13.1. The zero-order chi connectivity index (χ0) is 23.4. The summed E-state index contributed by atoms with van der Waals surface area (Å²) < 4.78 is 23.6. The molecule has 0 fully saturated rings. The highest BCUT2D eigenvalue weighted by atomic mass is 19.1. The SMILES string of the molecule is COCc1ccc(/C=c2\[nH]c(=O)/c(=C/c3cccc(C(=O)c4ccc(F)cc4)c3)[nH]c2=O)o1. The molecular weight excluding hydrogens is 427 g/mol. The van der Waals surface area contributed by atoms with Crippen molar-refractivity contribution < 1.29 is 18.3 Å². The summed E-state index contributed by atoms with van der Waals surface area (Å²) in [5.41, 5.74) is 0.218. The summed E-state index contributed by atoms with van der Waals surface area (Å²) in [6.07, 6.45) is 2.89. The Hall–Kier alpha value is -4.30. The number of hydrogen-bond acceptors (Lipinski definition) is 5. The van der Waals surface area contributed by atoms with E-state index in [-0.39, 0.29) is 23.1 Å². The van der Waals surface area contributed by atoms with Gasteiger partial charge in [-0.15, -0.1) is 0 Å². The number of carbonyl (C=O) groups excluding carboxylic acids is 1. The first-order chi connectivity index (χ1) is 15.9. The third-order valence-corrected chi connectivity index (χ3v) is 4.81. The van der Waals surface area contributed by atoms with Gasteiger partial charge in [0.25, 0.3) is 11.1 Å². The molecule has 0 aliphatic rings. The monoisotopic (exact) mass is 446 g/mol. The lowest BCUT2D eigenvalue weighted by Crippen LogP contribution is -2.46. The standard InChI is InChI=1S/C25H19FN2O5/c1-32-14-20-10-9-19(33-20)13-22-25(31)27-21(24(30)28-22)12-15-3-2-4-17(11-15)23(29)16-5-7-18(26)8-6-16/h2-13H,14H2,1H3,(H,27,31)(H,28,30)/b21-12-,22-13-. The van der Waals surface area contributed by atoms with Crippen molar-refractivity contribution in [2.75, 3.05) is 7.11 Å². The van der Waals surface area contributed by atoms with Crippen LogP contribution in [0, 0.1) is 5.82 Å². The maximum atomic E-state index is 13.1. The number of halogens is 1. The highest BCUT2D eigenvalue weighted by Gasteiger charge is 2.09. The Bertz CT molecular complexity index is 1550. The number of methoxy groups -OCH3 is 1. The van der Waals surface area contributed by atoms with E-state index in [2.05, 4.69) is 9.97 Å². The molecule has 0 aliphatic heterocycles. The Morgan fingerprint density at radius 3 is 2.33 bits per heavy atom. The van der Waals surface area contributed by atoms with Crippen LogP contribution in [0.5, 0.6) is 0 Å². The lowest BCUT2D eigenvalue weighted by atomic mass is 10.0. The summed E-state index contributed by atoms with van der Waals surface area (Å²) in [4.78, 5) is 42.8. The zero-order valence-electron chi connectivity index (χ0n) is 17.6. The summed E-state index contributed by atoms with van der Waals surface area (Å²) in [6, 6.07) is 15.2. The number of aromatic amines is 2. The van der Waals surface area contributed by atoms with Crippen LogP contribution >= 0.6 is 0 Å². The van der Waals surface area contributed by atoms with Crippen LogP contribution in [0.25, 0.3) is 12.2 Å². The molecule has 7 nitrogen and oxygen atoms in total. The number of benzene rings is 2. The van der Waals surface area contributed by atoms with Crippen molar-refractivity contribution in [2.45, 2.75) is 6.61 Å². The average molecular weight is 446 g/mol. The summed E-state index contributed by atoms with van der Waals surface area (Å²) in [7, 11) is 1.54. The van der Waals surface area contributed by atoms with E-state index >= 15 is 0 Å². The van der Waals surface area contributed by atoms with Crippen LogP contribution in [0.4, 0.5) is 4.39 Å². The van der Waals surface area contributed by atoms with E-state index in [4.69, 9.17) is 9.15 Å². The van der Waals surface area contributed by atoms with Gasteiger partial charge in [-0.3, -0.25) is 14.4 Å². The number of ketones is 1. The quantitative estimate of drug-likeness (QED) is 0.440. The van der Waals surface area contributed by atoms with Gasteiger partial charge in [0, 0.05) is 24.3 Å². The lowest BCUT2D eigenvalue weighted by molar-refractivity contribution is 0.103. The van der Waals surface area contributed by atoms with Crippen LogP contribution in [0.2, 0.25) is 0 Å². The fourth-order valence-corrected chi connectivity index (χ4v) is 3.23. The molecule has 0 radical (unpaired) electrons. The van der Waals surface area contributed by atoms with Gasteiger partial charge in [-0.1, -0.05) is 18.2 Å². The highest BCUT2D eigenvalue weighted by Crippen LogP contribution is 2.13. The predicted octanol–water partition coefficient (Wildman–Crippen LogP) is 1.83. The van der Waals surface area contributed by atoms with Crippen molar-refractivity contribution in [3.05, 3.63) is 126 Å². The van der Waals surface area contributed by atoms with Crippen LogP contribution < -0.4 is 21.8 Å². The van der Waals surface area contributed by atoms with Crippen LogP contribution in [0.15, 0.2) is 74.7 Å². The fourth-order valence-electron chi connectivity index (χ4n) is 3.23. The molecule has 8 heteroatoms. The molecule has 0 atom stereocenters. The van der Waals surface area contributed by atoms with Gasteiger partial charge in [-0.2, -0.15) is 0 Å². The summed E-state index contributed by atoms with van der Waals surface area (Å²) in [6.45, 7) is 0.289. The normalized spacial score (nSPS) is 12.3. The Labute approximate surface area is 186 Å². The minimum absolute atomic E-state index is 0.0306. The first-order valence-electron chi connectivity index (χ1n) is 9.97. The number of rotatable bonds is 6. The summed E-state index contributed by atoms with van der Waals surface area (Å²) in [5, 5.41) is 0.0683. The summed E-state index contributed by atoms with van der Waals surface area (Å²) in [5.74, 6) is 0.262. The predicted molar refractivity (Wildman–Crippen MR) is 120 cm³/mol. The molecule has 0 aliphatic carbocycles. The van der Waals surface area contributed by atoms with Crippen LogP contribution in [0.3, 0.4) is 0 Å². The van der Waals surface area contributed by atoms with E-state index in [1.54, 1.807) is 36.4 Å². The number of H-pyrrole nitrogens is 2. The third kappa shape index (κ3) is 5.13. The van der Waals surface area contributed by atoms with Crippen molar-refractivity contribution >= 4 is 17.9 Å². The van der Waals surface area contributed by atoms with Gasteiger partial charge in [0.1, 0.15) is 34.6 Å². The van der Waals surface area contributed by atoms with E-state index in [1.165, 1.54) is 43.5 Å². The Kier molecular flexibility index (Phi) is 6.28. The Morgan fingerprint density at radius 2 is 1.64 bits per heavy atom. The number of carbonyl (C=O) groups is 1. The maximum Gasteiger partial charge on any atom is 0.272 e. The second-order valence-electron chi connectivity index (χ2n) is 7.22. The van der Waals surface area contributed by atoms with E-state index in [1.807, 2.05) is 0 Å². The molecule has 2 aromatic carbocycles. The molecule has 2 aromatic heterocycles. The first kappa shape index (κ1) is 21.9. The number of furan rings is 1. The van der Waals surface area contributed by atoms with Crippen molar-refractivity contribution in [1.29, 1.82) is 0 Å². The van der Waals surface area contributed by atoms with E-state index in [0.717, 1.165) is 0 Å². The van der Waals surface area contributed by atoms with Crippen molar-refractivity contribution in [3.8, 4) is 0 Å². The minimum atomic E-state index is -0.514. The van der Waals surface area contributed by atoms with Gasteiger partial charge in [0.2, 0.25) is 0 Å². The van der Waals surface area contributed by atoms with Gasteiger partial charge < -0.3 is 19.1 Å². The Morgan fingerprint density at radius 1 is 0.939 bits per heavy atom. The molecule has 166 valence electrons. The summed E-state index contributed by atoms with van der Waals surface area (Å²) >= 11 is 0. The van der Waals surface area contributed by atoms with Crippen molar-refractivity contribution in [3.63, 3.8) is 0 Å². The fraction of sp³-hybridized carbons (Fsp3) is 0.0800. The number of nitrogens with one attached hydrogen (secondary N) is 2. The number of aromatic nitrogens is 2. The topological polar surface area (TPSA) is 105 Å². The third-order valence-electron chi connectivity index (χ3n) is 4.81. The molecular formula is C25H19FN2O5. The largest absolute Gasteiger partial charge is 0.459 e. The average Bonchev–Trinajstić information content (AvgIpc) is 3.24. The van der Waals surface area contributed by atoms with Crippen molar-refractivity contribution in [1.82, 2.24) is 9.97 Å². The molecule has 2 N–H and O–H groups in total. The number of ether oxygens (including phenoxy) is 1. The Balaban J connectivity index is 1.67. The second kappa shape index (κ2) is 9.46. The minimum Gasteiger partial charge on any atom is -0.459 e. The van der Waals surface area contributed by atoms with Gasteiger partial charge in [-0.05, 0) is 54.1 Å². The molecule has 0 saturated heterocycles. The van der Waals surface area contributed by atoms with Gasteiger partial charge in [0.05, 0.1) is 0 Å². The first-order valence-corrected chi connectivity index (χ1v) is 9.97. The van der Waals surface area contributed by atoms with E-state index < -0.39 is 16.9 Å². The second-order valence-corrected chi connectivity index (χ2v) is 7.22. The zero-order valence-corrected chi connectivity index (χ0v) is 17.6. The molecule has 2 heterocycles. The van der Waals surface area contributed by atoms with Gasteiger partial charge in [-0.25, -0.2) is 4.39 Å². The molecule has 4 rings (SSSR count). The highest BCUT2D eigenvalue weighted by molar-refractivity contribution is 6.09. The molecule has 4 aromatic rings. The van der Waals surface area contributed by atoms with Crippen LogP contribution in [-0.4, -0.2) is 22.9 Å². The molecule has 33 heavy (non-hydrogen) atoms. The molecule has 0 bridgehead atoms. The molecule has 0 unspecified atom stereocenters.